The molecule has 13 heavy (non-hydrogen) atoms. The van der Waals surface area contributed by atoms with Gasteiger partial charge in [-0.25, -0.2) is 0 Å². The van der Waals surface area contributed by atoms with E-state index in [2.05, 4.69) is 5.32 Å². The smallest absolute Gasteiger partial charge is 1.00 e. The summed E-state index contributed by atoms with van der Waals surface area (Å²) in [5.74, 6) is 0. The summed E-state index contributed by atoms with van der Waals surface area (Å²) in [4.78, 5) is 0. The van der Waals surface area contributed by atoms with Gasteiger partial charge >= 0.3 is 37.8 Å². The molecule has 1 aliphatic rings. The fraction of sp³-hybridized carbons (Fsp3) is 1.00. The first kappa shape index (κ1) is 13.9. The molecule has 7 heteroatoms. The average molecular weight is 217 g/mol. The molecule has 1 saturated heterocycles. The van der Waals surface area contributed by atoms with Gasteiger partial charge < -0.3 is 6.74 Å². The van der Waals surface area contributed by atoms with Gasteiger partial charge in [0.25, 0.3) is 0 Å². The summed E-state index contributed by atoms with van der Waals surface area (Å²) in [6.07, 6.45) is 0. The van der Waals surface area contributed by atoms with Crippen molar-refractivity contribution in [2.24, 2.45) is 0 Å². The maximum absolute atomic E-state index is 11.0. The number of rotatable bonds is 4. The summed E-state index contributed by atoms with van der Waals surface area (Å²) in [6, 6.07) is 0. The number of nitrogens with zero attached hydrogens (tertiary/aromatic N) is 1. The van der Waals surface area contributed by atoms with E-state index < -0.39 is 8.25 Å². The van der Waals surface area contributed by atoms with Crippen molar-refractivity contribution < 1.29 is 44.7 Å². The van der Waals surface area contributed by atoms with Gasteiger partial charge in [-0.2, -0.15) is 0 Å². The topological polar surface area (TPSA) is 50.8 Å². The molecule has 0 aromatic rings. The van der Waals surface area contributed by atoms with Crippen LogP contribution in [0.4, 0.5) is 0 Å². The molecule has 0 saturated carbocycles. The quantitative estimate of drug-likeness (QED) is 0.421. The van der Waals surface area contributed by atoms with Crippen molar-refractivity contribution in [3.63, 3.8) is 0 Å². The first-order valence-corrected chi connectivity index (χ1v) is 5.16. The van der Waals surface area contributed by atoms with Gasteiger partial charge in [0.1, 0.15) is 6.61 Å². The molecule has 0 spiro atoms. The van der Waals surface area contributed by atoms with Crippen LogP contribution in [0.3, 0.4) is 0 Å². The van der Waals surface area contributed by atoms with Gasteiger partial charge in [0.2, 0.25) is 0 Å². The molecular formula is C6H15N2NaO3P+. The Morgan fingerprint density at radius 3 is 2.69 bits per heavy atom. The van der Waals surface area contributed by atoms with Gasteiger partial charge in [-0.3, -0.25) is 0 Å². The van der Waals surface area contributed by atoms with Crippen LogP contribution in [0.25, 0.3) is 0 Å². The summed E-state index contributed by atoms with van der Waals surface area (Å²) >= 11 is 0. The molecule has 0 radical (unpaired) electrons. The van der Waals surface area contributed by atoms with Gasteiger partial charge in [-0.15, -0.1) is 9.59 Å². The van der Waals surface area contributed by atoms with Gasteiger partial charge in [0, 0.05) is 30.7 Å². The van der Waals surface area contributed by atoms with Gasteiger partial charge in [0.15, 0.2) is 0 Å². The number of nitrogens with one attached hydrogen (secondary N) is 1. The summed E-state index contributed by atoms with van der Waals surface area (Å²) < 4.78 is 20.7. The van der Waals surface area contributed by atoms with Crippen molar-refractivity contribution in [3.8, 4) is 0 Å². The summed E-state index contributed by atoms with van der Waals surface area (Å²) in [7, 11) is -1.96. The van der Waals surface area contributed by atoms with Crippen LogP contribution in [-0.2, 0) is 13.7 Å². The van der Waals surface area contributed by atoms with Crippen molar-refractivity contribution in [3.05, 3.63) is 0 Å². The number of hydrogen-bond donors (Lipinski definition) is 1. The number of piperazine rings is 1. The van der Waals surface area contributed by atoms with E-state index in [0.29, 0.717) is 6.61 Å². The Balaban J connectivity index is 0. The van der Waals surface area contributed by atoms with E-state index in [1.54, 1.807) is 12.0 Å². The molecule has 72 valence electrons. The average Bonchev–Trinajstić information content (AvgIpc) is 2.06. The fourth-order valence-corrected chi connectivity index (χ4v) is 1.56. The molecule has 0 aromatic carbocycles. The van der Waals surface area contributed by atoms with Crippen LogP contribution in [0.5, 0.6) is 0 Å². The van der Waals surface area contributed by atoms with E-state index >= 15 is 0 Å². The zero-order valence-corrected chi connectivity index (χ0v) is 11.0. The summed E-state index contributed by atoms with van der Waals surface area (Å²) in [5.41, 5.74) is 0. The van der Waals surface area contributed by atoms with E-state index in [0.717, 1.165) is 26.2 Å². The Kier molecular flexibility index (Phi) is 8.86. The summed E-state index contributed by atoms with van der Waals surface area (Å²) in [6.45, 7) is 5.46. The zero-order valence-electron chi connectivity index (χ0n) is 9.15. The molecule has 1 heterocycles. The minimum atomic E-state index is -1.96. The van der Waals surface area contributed by atoms with E-state index in [1.807, 2.05) is 0 Å². The maximum Gasteiger partial charge on any atom is 1.00 e. The molecule has 0 aromatic heterocycles. The second kappa shape index (κ2) is 8.26. The molecule has 0 amide bonds. The molecule has 1 rings (SSSR count). The van der Waals surface area contributed by atoms with E-state index in [9.17, 15) is 4.57 Å². The van der Waals surface area contributed by atoms with Crippen molar-refractivity contribution in [2.75, 3.05) is 32.8 Å². The second-order valence-electron chi connectivity index (χ2n) is 2.40. The van der Waals surface area contributed by atoms with Crippen molar-refractivity contribution in [1.82, 2.24) is 10.4 Å². The van der Waals surface area contributed by atoms with Crippen LogP contribution in [-0.4, -0.2) is 37.8 Å². The fourth-order valence-electron chi connectivity index (χ4n) is 0.949. The molecule has 1 atom stereocenters. The van der Waals surface area contributed by atoms with Crippen molar-refractivity contribution in [2.45, 2.75) is 6.92 Å². The maximum atomic E-state index is 11.0. The first-order chi connectivity index (χ1) is 5.83. The standard InChI is InChI=1S/C6H14N2O3P.Na.H/c1-2-10-12(9)11-8-5-3-7-4-6-8;;/h7H,2-6H2,1H3;;/q2*+1;-1. The third-order valence-electron chi connectivity index (χ3n) is 1.49. The molecule has 5 nitrogen and oxygen atoms in total. The Labute approximate surface area is 103 Å². The SMILES string of the molecule is CCO[P+](=O)ON1CCNCC1.[H-].[Na+]. The summed E-state index contributed by atoms with van der Waals surface area (Å²) in [5, 5.41) is 4.83. The normalized spacial score (nSPS) is 19.3. The van der Waals surface area contributed by atoms with Crippen LogP contribution in [0.2, 0.25) is 0 Å². The molecule has 1 fully saturated rings. The van der Waals surface area contributed by atoms with Crippen LogP contribution in [0.1, 0.15) is 8.35 Å². The van der Waals surface area contributed by atoms with Crippen LogP contribution in [0, 0.1) is 0 Å². The zero-order chi connectivity index (χ0) is 8.81. The van der Waals surface area contributed by atoms with Crippen molar-refractivity contribution >= 4 is 8.25 Å². The van der Waals surface area contributed by atoms with Crippen LogP contribution >= 0.6 is 8.25 Å². The molecular weight excluding hydrogens is 202 g/mol. The van der Waals surface area contributed by atoms with Crippen LogP contribution < -0.4 is 34.9 Å². The predicted molar refractivity (Wildman–Crippen MR) is 45.9 cm³/mol. The Bertz CT molecular complexity index is 160. The number of hydroxylamine groups is 2. The van der Waals surface area contributed by atoms with Gasteiger partial charge in [0.05, 0.1) is 0 Å². The molecule has 1 aliphatic heterocycles. The monoisotopic (exact) mass is 217 g/mol. The first-order valence-electron chi connectivity index (χ1n) is 4.07. The third kappa shape index (κ3) is 6.10. The Morgan fingerprint density at radius 1 is 1.54 bits per heavy atom. The molecule has 0 aliphatic carbocycles. The Hall–Kier alpha value is 0.940. The molecule has 1 N–H and O–H groups in total. The second-order valence-corrected chi connectivity index (χ2v) is 3.27. The minimum absolute atomic E-state index is 0. The van der Waals surface area contributed by atoms with Crippen molar-refractivity contribution in [1.29, 1.82) is 0 Å². The minimum Gasteiger partial charge on any atom is -1.00 e. The van der Waals surface area contributed by atoms with Gasteiger partial charge in [-0.1, -0.05) is 0 Å². The largest absolute Gasteiger partial charge is 1.00 e. The van der Waals surface area contributed by atoms with E-state index in [1.165, 1.54) is 0 Å². The molecule has 0 bridgehead atoms. The third-order valence-corrected chi connectivity index (χ3v) is 2.33. The van der Waals surface area contributed by atoms with Crippen LogP contribution in [0.15, 0.2) is 0 Å². The van der Waals surface area contributed by atoms with Gasteiger partial charge in [-0.05, 0) is 11.5 Å². The van der Waals surface area contributed by atoms with E-state index in [4.69, 9.17) is 9.15 Å². The Morgan fingerprint density at radius 2 is 2.15 bits per heavy atom. The number of hydrogen-bond acceptors (Lipinski definition) is 5. The predicted octanol–water partition coefficient (Wildman–Crippen LogP) is -2.37. The van der Waals surface area contributed by atoms with E-state index in [-0.39, 0.29) is 31.0 Å². The molecule has 1 unspecified atom stereocenters.